The Morgan fingerprint density at radius 3 is 2.82 bits per heavy atom. The van der Waals surface area contributed by atoms with Gasteiger partial charge in [-0.3, -0.25) is 0 Å². The minimum atomic E-state index is -1.16. The fourth-order valence-electron chi connectivity index (χ4n) is 2.79. The van der Waals surface area contributed by atoms with E-state index in [1.165, 1.54) is 12.1 Å². The smallest absolute Gasteiger partial charge is 0.356 e. The average Bonchev–Trinajstić information content (AvgIpc) is 2.97. The third kappa shape index (κ3) is 2.76. The molecule has 0 radical (unpaired) electrons. The van der Waals surface area contributed by atoms with E-state index in [1.54, 1.807) is 18.2 Å². The highest BCUT2D eigenvalue weighted by atomic mass is 35.5. The Morgan fingerprint density at radius 1 is 1.32 bits per heavy atom. The number of pyridine rings is 1. The SMILES string of the molecule is O=C(O)c1nc(N2CCC(c3ccccc3F)C2)ccc1Cl. The van der Waals surface area contributed by atoms with Crippen molar-refractivity contribution in [1.29, 1.82) is 0 Å². The molecule has 1 atom stereocenters. The fourth-order valence-corrected chi connectivity index (χ4v) is 2.97. The summed E-state index contributed by atoms with van der Waals surface area (Å²) in [5.74, 6) is -0.728. The number of nitrogens with zero attached hydrogens (tertiary/aromatic N) is 2. The third-order valence-electron chi connectivity index (χ3n) is 3.89. The molecule has 4 nitrogen and oxygen atoms in total. The molecule has 0 spiro atoms. The van der Waals surface area contributed by atoms with Crippen LogP contribution in [-0.4, -0.2) is 29.1 Å². The predicted octanol–water partition coefficient (Wildman–Crippen LogP) is 3.57. The number of hydrogen-bond donors (Lipinski definition) is 1. The molecule has 1 saturated heterocycles. The second-order valence-electron chi connectivity index (χ2n) is 5.26. The number of halogens is 2. The summed E-state index contributed by atoms with van der Waals surface area (Å²) >= 11 is 5.83. The van der Waals surface area contributed by atoms with Gasteiger partial charge >= 0.3 is 5.97 Å². The molecule has 1 aliphatic heterocycles. The number of carboxylic acids is 1. The van der Waals surface area contributed by atoms with E-state index < -0.39 is 5.97 Å². The van der Waals surface area contributed by atoms with E-state index in [0.717, 1.165) is 6.42 Å². The van der Waals surface area contributed by atoms with Gasteiger partial charge in [-0.1, -0.05) is 29.8 Å². The van der Waals surface area contributed by atoms with Crippen LogP contribution in [-0.2, 0) is 0 Å². The van der Waals surface area contributed by atoms with E-state index in [2.05, 4.69) is 4.98 Å². The molecule has 22 heavy (non-hydrogen) atoms. The number of rotatable bonds is 3. The van der Waals surface area contributed by atoms with E-state index in [-0.39, 0.29) is 22.5 Å². The van der Waals surface area contributed by atoms with Crippen LogP contribution in [0.3, 0.4) is 0 Å². The van der Waals surface area contributed by atoms with Gasteiger partial charge in [0.15, 0.2) is 5.69 Å². The molecule has 3 rings (SSSR count). The van der Waals surface area contributed by atoms with E-state index in [4.69, 9.17) is 16.7 Å². The van der Waals surface area contributed by atoms with Crippen LogP contribution < -0.4 is 4.90 Å². The Balaban J connectivity index is 1.83. The summed E-state index contributed by atoms with van der Waals surface area (Å²) in [4.78, 5) is 17.2. The standard InChI is InChI=1S/C16H14ClFN2O2/c17-12-5-6-14(19-15(12)16(21)22)20-8-7-10(9-20)11-3-1-2-4-13(11)18/h1-6,10H,7-9H2,(H,21,22). The van der Waals surface area contributed by atoms with Crippen molar-refractivity contribution >= 4 is 23.4 Å². The lowest BCUT2D eigenvalue weighted by Gasteiger charge is -2.18. The summed E-state index contributed by atoms with van der Waals surface area (Å²) in [5.41, 5.74) is 0.533. The Hall–Kier alpha value is -2.14. The summed E-state index contributed by atoms with van der Waals surface area (Å²) in [7, 11) is 0. The highest BCUT2D eigenvalue weighted by Crippen LogP contribution is 2.32. The third-order valence-corrected chi connectivity index (χ3v) is 4.20. The first kappa shape index (κ1) is 14.8. The Morgan fingerprint density at radius 2 is 2.09 bits per heavy atom. The maximum absolute atomic E-state index is 13.9. The minimum absolute atomic E-state index is 0.0759. The molecule has 6 heteroatoms. The van der Waals surface area contributed by atoms with Crippen molar-refractivity contribution in [3.63, 3.8) is 0 Å². The molecule has 2 aromatic rings. The van der Waals surface area contributed by atoms with Crippen LogP contribution in [0.5, 0.6) is 0 Å². The number of carboxylic acid groups (broad SMARTS) is 1. The summed E-state index contributed by atoms with van der Waals surface area (Å²) in [5, 5.41) is 9.20. The highest BCUT2D eigenvalue weighted by Gasteiger charge is 2.27. The van der Waals surface area contributed by atoms with E-state index in [0.29, 0.717) is 24.5 Å². The first-order chi connectivity index (χ1) is 10.6. The van der Waals surface area contributed by atoms with Crippen LogP contribution >= 0.6 is 11.6 Å². The van der Waals surface area contributed by atoms with Crippen molar-refractivity contribution in [2.45, 2.75) is 12.3 Å². The zero-order valence-corrected chi connectivity index (χ0v) is 12.4. The van der Waals surface area contributed by atoms with Crippen LogP contribution in [0.25, 0.3) is 0 Å². The number of anilines is 1. The summed E-state index contributed by atoms with van der Waals surface area (Å²) in [6.07, 6.45) is 0.799. The summed E-state index contributed by atoms with van der Waals surface area (Å²) in [6.45, 7) is 1.31. The first-order valence-corrected chi connectivity index (χ1v) is 7.33. The monoisotopic (exact) mass is 320 g/mol. The maximum Gasteiger partial charge on any atom is 0.356 e. The van der Waals surface area contributed by atoms with Crippen molar-refractivity contribution in [2.75, 3.05) is 18.0 Å². The normalized spacial score (nSPS) is 17.7. The molecular weight excluding hydrogens is 307 g/mol. The van der Waals surface area contributed by atoms with Gasteiger partial charge in [-0.05, 0) is 30.2 Å². The molecule has 1 unspecified atom stereocenters. The zero-order chi connectivity index (χ0) is 15.7. The van der Waals surface area contributed by atoms with Gasteiger partial charge in [0.25, 0.3) is 0 Å². The highest BCUT2D eigenvalue weighted by molar-refractivity contribution is 6.33. The number of hydrogen-bond acceptors (Lipinski definition) is 3. The molecular formula is C16H14ClFN2O2. The lowest BCUT2D eigenvalue weighted by Crippen LogP contribution is -2.21. The van der Waals surface area contributed by atoms with Gasteiger partial charge in [0.2, 0.25) is 0 Å². The largest absolute Gasteiger partial charge is 0.476 e. The van der Waals surface area contributed by atoms with Gasteiger partial charge < -0.3 is 10.0 Å². The number of benzene rings is 1. The van der Waals surface area contributed by atoms with Gasteiger partial charge in [-0.2, -0.15) is 0 Å². The molecule has 0 bridgehead atoms. The molecule has 0 aliphatic carbocycles. The molecule has 114 valence electrons. The van der Waals surface area contributed by atoms with Gasteiger partial charge in [-0.25, -0.2) is 14.2 Å². The minimum Gasteiger partial charge on any atom is -0.476 e. The van der Waals surface area contributed by atoms with Crippen molar-refractivity contribution in [2.24, 2.45) is 0 Å². The average molecular weight is 321 g/mol. The maximum atomic E-state index is 13.9. The molecule has 1 fully saturated rings. The van der Waals surface area contributed by atoms with Crippen LogP contribution in [0, 0.1) is 5.82 Å². The molecule has 1 N–H and O–H groups in total. The second-order valence-corrected chi connectivity index (χ2v) is 5.67. The Labute approximate surface area is 132 Å². The molecule has 2 heterocycles. The first-order valence-electron chi connectivity index (χ1n) is 6.95. The number of carbonyl (C=O) groups is 1. The molecule has 0 amide bonds. The zero-order valence-electron chi connectivity index (χ0n) is 11.7. The predicted molar refractivity (Wildman–Crippen MR) is 82.2 cm³/mol. The van der Waals surface area contributed by atoms with E-state index in [9.17, 15) is 9.18 Å². The number of aromatic carboxylic acids is 1. The van der Waals surface area contributed by atoms with Crippen LogP contribution in [0.15, 0.2) is 36.4 Å². The Bertz CT molecular complexity index is 723. The second kappa shape index (κ2) is 5.93. The van der Waals surface area contributed by atoms with Crippen molar-refractivity contribution in [3.05, 3.63) is 58.5 Å². The molecule has 0 saturated carbocycles. The van der Waals surface area contributed by atoms with Crippen molar-refractivity contribution in [3.8, 4) is 0 Å². The molecule has 1 aromatic heterocycles. The topological polar surface area (TPSA) is 53.4 Å². The van der Waals surface area contributed by atoms with Gasteiger partial charge in [0, 0.05) is 19.0 Å². The van der Waals surface area contributed by atoms with Crippen molar-refractivity contribution in [1.82, 2.24) is 4.98 Å². The fraction of sp³-hybridized carbons (Fsp3) is 0.250. The van der Waals surface area contributed by atoms with Crippen LogP contribution in [0.4, 0.5) is 10.2 Å². The molecule has 1 aromatic carbocycles. The summed E-state index contributed by atoms with van der Waals surface area (Å²) in [6, 6.07) is 9.97. The van der Waals surface area contributed by atoms with Crippen LogP contribution in [0.2, 0.25) is 5.02 Å². The summed E-state index contributed by atoms with van der Waals surface area (Å²) < 4.78 is 13.9. The van der Waals surface area contributed by atoms with Crippen LogP contribution in [0.1, 0.15) is 28.4 Å². The lowest BCUT2D eigenvalue weighted by atomic mass is 9.98. The quantitative estimate of drug-likeness (QED) is 0.939. The van der Waals surface area contributed by atoms with Crippen molar-refractivity contribution < 1.29 is 14.3 Å². The lowest BCUT2D eigenvalue weighted by molar-refractivity contribution is 0.0691. The van der Waals surface area contributed by atoms with E-state index >= 15 is 0 Å². The van der Waals surface area contributed by atoms with Gasteiger partial charge in [-0.15, -0.1) is 0 Å². The van der Waals surface area contributed by atoms with Gasteiger partial charge in [0.1, 0.15) is 11.6 Å². The van der Waals surface area contributed by atoms with E-state index in [1.807, 2.05) is 11.0 Å². The number of aromatic nitrogens is 1. The molecule has 1 aliphatic rings. The van der Waals surface area contributed by atoms with Gasteiger partial charge in [0.05, 0.1) is 5.02 Å². The Kier molecular flexibility index (Phi) is 3.98.